The van der Waals surface area contributed by atoms with Crippen LogP contribution in [0.4, 0.5) is 0 Å². The number of aliphatic hydroxyl groups excluding tert-OH is 3. The van der Waals surface area contributed by atoms with Crippen molar-refractivity contribution in [3.8, 4) is 0 Å². The molecule has 0 bridgehead atoms. The van der Waals surface area contributed by atoms with Crippen LogP contribution in [0.5, 0.6) is 0 Å². The van der Waals surface area contributed by atoms with Gasteiger partial charge in [-0.25, -0.2) is 4.57 Å². The highest BCUT2D eigenvalue weighted by molar-refractivity contribution is 7.45. The zero-order valence-corrected chi connectivity index (χ0v) is 8.69. The minimum Gasteiger partial charge on any atom is -0.394 e. The molecule has 0 fully saturated rings. The van der Waals surface area contributed by atoms with Crippen LogP contribution in [0.15, 0.2) is 0 Å². The maximum Gasteiger partial charge on any atom is 0.466 e. The summed E-state index contributed by atoms with van der Waals surface area (Å²) in [5.41, 5.74) is 0. The molecule has 2 atom stereocenters. The van der Waals surface area contributed by atoms with Crippen LogP contribution >= 0.6 is 7.82 Å². The molecular weight excluding hydrogens is 231 g/mol. The van der Waals surface area contributed by atoms with Gasteiger partial charge in [0.05, 0.1) is 12.7 Å². The topological polar surface area (TPSA) is 156 Å². The number of phosphoric acid groups is 1. The lowest BCUT2D eigenvalue weighted by molar-refractivity contribution is -0.108. The third-order valence-electron chi connectivity index (χ3n) is 1.21. The molecule has 92 valence electrons. The Morgan fingerprint density at radius 2 is 1.53 bits per heavy atom. The van der Waals surface area contributed by atoms with Crippen molar-refractivity contribution >= 4 is 14.1 Å². The molecule has 0 aliphatic heterocycles. The molecule has 0 aromatic carbocycles. The average Bonchev–Trinajstić information content (AvgIpc) is 2.10. The Kier molecular flexibility index (Phi) is 10.2. The van der Waals surface area contributed by atoms with Gasteiger partial charge in [-0.3, -0.25) is 0 Å². The standard InChI is InChI=1S/C6H12O4.H3O4P/c7-3-1-2-5(9)6(10)4-8;1-5(2,3)4/h3,5-6,8-10H,1-2,4H2;(H3,1,2,3,4)/t5-,6+;/m0./s1. The summed E-state index contributed by atoms with van der Waals surface area (Å²) in [5.74, 6) is 0. The zero-order chi connectivity index (χ0) is 12.5. The maximum atomic E-state index is 9.76. The van der Waals surface area contributed by atoms with Crippen LogP contribution in [0, 0.1) is 0 Å². The quantitative estimate of drug-likeness (QED) is 0.235. The fraction of sp³-hybridized carbons (Fsp3) is 0.833. The molecule has 15 heavy (non-hydrogen) atoms. The number of rotatable bonds is 5. The van der Waals surface area contributed by atoms with Gasteiger partial charge in [0.25, 0.3) is 0 Å². The largest absolute Gasteiger partial charge is 0.466 e. The average molecular weight is 246 g/mol. The van der Waals surface area contributed by atoms with Crippen molar-refractivity contribution in [1.29, 1.82) is 0 Å². The molecule has 0 aliphatic carbocycles. The van der Waals surface area contributed by atoms with E-state index in [9.17, 15) is 4.79 Å². The number of aldehydes is 1. The lowest BCUT2D eigenvalue weighted by Gasteiger charge is -2.13. The summed E-state index contributed by atoms with van der Waals surface area (Å²) in [4.78, 5) is 31.3. The molecule has 0 radical (unpaired) electrons. The number of aliphatic hydroxyl groups is 3. The SMILES string of the molecule is O=CCC[C@H](O)[C@H](O)CO.O=P(O)(O)O. The van der Waals surface area contributed by atoms with Crippen molar-refractivity contribution in [3.05, 3.63) is 0 Å². The Bertz CT molecular complexity index is 193. The molecule has 0 rings (SSSR count). The molecule has 0 saturated carbocycles. The molecule has 0 saturated heterocycles. The molecule has 8 nitrogen and oxygen atoms in total. The predicted molar refractivity (Wildman–Crippen MR) is 48.7 cm³/mol. The van der Waals surface area contributed by atoms with Gasteiger partial charge in [0.15, 0.2) is 0 Å². The number of hydrogen-bond acceptors (Lipinski definition) is 5. The molecular formula is C6H15O8P. The van der Waals surface area contributed by atoms with E-state index in [0.29, 0.717) is 6.29 Å². The van der Waals surface area contributed by atoms with Crippen LogP contribution in [0.2, 0.25) is 0 Å². The van der Waals surface area contributed by atoms with Crippen molar-refractivity contribution in [3.63, 3.8) is 0 Å². The van der Waals surface area contributed by atoms with Gasteiger partial charge in [-0.2, -0.15) is 0 Å². The maximum absolute atomic E-state index is 9.76. The molecule has 0 aromatic heterocycles. The first-order valence-corrected chi connectivity index (χ1v) is 5.47. The second-order valence-corrected chi connectivity index (χ2v) is 3.60. The Morgan fingerprint density at radius 1 is 1.13 bits per heavy atom. The van der Waals surface area contributed by atoms with Crippen LogP contribution in [0.3, 0.4) is 0 Å². The van der Waals surface area contributed by atoms with Gasteiger partial charge in [0.1, 0.15) is 12.4 Å². The molecule has 0 heterocycles. The second kappa shape index (κ2) is 8.93. The highest BCUT2D eigenvalue weighted by atomic mass is 31.2. The van der Waals surface area contributed by atoms with E-state index < -0.39 is 26.6 Å². The molecule has 0 amide bonds. The van der Waals surface area contributed by atoms with Crippen molar-refractivity contribution in [1.82, 2.24) is 0 Å². The predicted octanol–water partition coefficient (Wildman–Crippen LogP) is -2.25. The third kappa shape index (κ3) is 19.9. The van der Waals surface area contributed by atoms with E-state index >= 15 is 0 Å². The monoisotopic (exact) mass is 246 g/mol. The van der Waals surface area contributed by atoms with E-state index in [1.165, 1.54) is 0 Å². The van der Waals surface area contributed by atoms with E-state index in [1.54, 1.807) is 0 Å². The second-order valence-electron chi connectivity index (χ2n) is 2.57. The molecule has 0 unspecified atom stereocenters. The number of carbonyl (C=O) groups excluding carboxylic acids is 1. The number of hydrogen-bond donors (Lipinski definition) is 6. The summed E-state index contributed by atoms with van der Waals surface area (Å²) >= 11 is 0. The van der Waals surface area contributed by atoms with E-state index in [2.05, 4.69) is 0 Å². The Hall–Kier alpha value is -0.340. The lowest BCUT2D eigenvalue weighted by atomic mass is 10.1. The highest BCUT2D eigenvalue weighted by Gasteiger charge is 2.13. The van der Waals surface area contributed by atoms with Crippen LogP contribution in [0.25, 0.3) is 0 Å². The van der Waals surface area contributed by atoms with E-state index in [4.69, 9.17) is 34.6 Å². The van der Waals surface area contributed by atoms with E-state index in [1.807, 2.05) is 0 Å². The van der Waals surface area contributed by atoms with Gasteiger partial charge in [0.2, 0.25) is 0 Å². The first kappa shape index (κ1) is 17.1. The fourth-order valence-electron chi connectivity index (χ4n) is 0.553. The third-order valence-corrected chi connectivity index (χ3v) is 1.21. The lowest BCUT2D eigenvalue weighted by Crippen LogP contribution is -2.29. The summed E-state index contributed by atoms with van der Waals surface area (Å²) in [6, 6.07) is 0. The fourth-order valence-corrected chi connectivity index (χ4v) is 0.553. The Labute approximate surface area is 86.0 Å². The summed E-state index contributed by atoms with van der Waals surface area (Å²) in [6.07, 6.45) is -1.05. The van der Waals surface area contributed by atoms with Crippen LogP contribution in [0.1, 0.15) is 12.8 Å². The van der Waals surface area contributed by atoms with Crippen molar-refractivity contribution in [2.45, 2.75) is 25.0 Å². The summed E-state index contributed by atoms with van der Waals surface area (Å²) < 4.78 is 8.88. The van der Waals surface area contributed by atoms with E-state index in [-0.39, 0.29) is 12.8 Å². The normalized spacial score (nSPS) is 14.8. The molecule has 9 heteroatoms. The van der Waals surface area contributed by atoms with Crippen molar-refractivity contribution in [2.75, 3.05) is 6.61 Å². The van der Waals surface area contributed by atoms with Crippen molar-refractivity contribution < 1.29 is 39.4 Å². The van der Waals surface area contributed by atoms with Gasteiger partial charge in [-0.1, -0.05) is 0 Å². The van der Waals surface area contributed by atoms with Crippen molar-refractivity contribution in [2.24, 2.45) is 0 Å². The summed E-state index contributed by atoms with van der Waals surface area (Å²) in [7, 11) is -4.64. The minimum absolute atomic E-state index is 0.200. The molecule has 0 spiro atoms. The highest BCUT2D eigenvalue weighted by Crippen LogP contribution is 2.25. The summed E-state index contributed by atoms with van der Waals surface area (Å²) in [5, 5.41) is 25.9. The first-order valence-electron chi connectivity index (χ1n) is 3.91. The zero-order valence-electron chi connectivity index (χ0n) is 7.80. The van der Waals surface area contributed by atoms with Gasteiger partial charge in [0, 0.05) is 6.42 Å². The number of carbonyl (C=O) groups is 1. The first-order chi connectivity index (χ1) is 6.72. The van der Waals surface area contributed by atoms with Gasteiger partial charge in [-0.05, 0) is 6.42 Å². The minimum atomic E-state index is -4.64. The Morgan fingerprint density at radius 3 is 1.80 bits per heavy atom. The van der Waals surface area contributed by atoms with Gasteiger partial charge in [-0.15, -0.1) is 0 Å². The van der Waals surface area contributed by atoms with Gasteiger partial charge < -0.3 is 34.8 Å². The molecule has 0 aromatic rings. The Balaban J connectivity index is 0. The molecule has 0 aliphatic rings. The molecule has 6 N–H and O–H groups in total. The van der Waals surface area contributed by atoms with Crippen LogP contribution < -0.4 is 0 Å². The van der Waals surface area contributed by atoms with Crippen LogP contribution in [-0.2, 0) is 9.36 Å². The van der Waals surface area contributed by atoms with E-state index in [0.717, 1.165) is 0 Å². The van der Waals surface area contributed by atoms with Gasteiger partial charge >= 0.3 is 7.82 Å². The van der Waals surface area contributed by atoms with Crippen LogP contribution in [-0.4, -0.2) is 55.1 Å². The smallest absolute Gasteiger partial charge is 0.394 e. The summed E-state index contributed by atoms with van der Waals surface area (Å²) in [6.45, 7) is -0.472.